The summed E-state index contributed by atoms with van der Waals surface area (Å²) in [5.41, 5.74) is 0. The van der Waals surface area contributed by atoms with Gasteiger partial charge in [0.05, 0.1) is 0 Å². The van der Waals surface area contributed by atoms with E-state index < -0.39 is 0 Å². The van der Waals surface area contributed by atoms with E-state index in [1.165, 1.54) is 0 Å². The summed E-state index contributed by atoms with van der Waals surface area (Å²) < 4.78 is 0. The zero-order valence-electron chi connectivity index (χ0n) is 1.93. The third-order valence-corrected chi connectivity index (χ3v) is 0. The summed E-state index contributed by atoms with van der Waals surface area (Å²) in [6.07, 6.45) is 0. The third kappa shape index (κ3) is 33.0. The summed E-state index contributed by atoms with van der Waals surface area (Å²) >= 11 is 0. The fraction of sp³-hybridized carbons (Fsp3) is 0. The summed E-state index contributed by atoms with van der Waals surface area (Å²) in [4.78, 5) is 0. The predicted molar refractivity (Wildman–Crippen MR) is 2.13 cm³/mol. The molecule has 0 aliphatic heterocycles. The number of halogens is 3. The van der Waals surface area contributed by atoms with Crippen LogP contribution >= 0.6 is 0 Å². The largest absolute Gasteiger partial charge is 3.00 e. The quantitative estimate of drug-likeness (QED) is 0.328. The average Bonchev–Trinajstić information content (AvgIpc) is 0. The Morgan fingerprint density at radius 3 is 0.600 bits per heavy atom. The van der Waals surface area contributed by atoms with E-state index in [1.54, 1.807) is 0 Å². The van der Waals surface area contributed by atoms with Gasteiger partial charge in [0, 0.05) is 6.15 Å². The van der Waals surface area contributed by atoms with Crippen molar-refractivity contribution >= 4 is 0 Å². The van der Waals surface area contributed by atoms with Crippen molar-refractivity contribution < 1.29 is 54.3 Å². The van der Waals surface area contributed by atoms with E-state index in [0.717, 1.165) is 0 Å². The van der Waals surface area contributed by atoms with Gasteiger partial charge in [0.25, 0.3) is 0 Å². The molecule has 0 aromatic heterocycles. The smallest absolute Gasteiger partial charge is 1.00 e. The first-order valence-corrected chi connectivity index (χ1v) is 0. The second-order valence-corrected chi connectivity index (χ2v) is 0. The Morgan fingerprint density at radius 1 is 0.600 bits per heavy atom. The van der Waals surface area contributed by atoms with Gasteiger partial charge in [-0.05, 0) is 0 Å². The van der Waals surface area contributed by atoms with Gasteiger partial charge in [-0.15, -0.1) is 0 Å². The van der Waals surface area contributed by atoms with Crippen molar-refractivity contribution in [2.75, 3.05) is 0 Å². The van der Waals surface area contributed by atoms with Crippen molar-refractivity contribution in [1.29, 1.82) is 0 Å². The Balaban J connectivity index is 0. The van der Waals surface area contributed by atoms with Gasteiger partial charge in [0.2, 0.25) is 0 Å². The van der Waals surface area contributed by atoms with E-state index in [9.17, 15) is 0 Å². The van der Waals surface area contributed by atoms with E-state index in [0.29, 0.717) is 0 Å². The van der Waals surface area contributed by atoms with Crippen LogP contribution in [0.25, 0.3) is 0 Å². The van der Waals surface area contributed by atoms with Gasteiger partial charge in [-0.25, -0.2) is 0 Å². The van der Waals surface area contributed by atoms with Crippen molar-refractivity contribution in [3.05, 3.63) is 0 Å². The van der Waals surface area contributed by atoms with Gasteiger partial charge >= 0.3 is 17.1 Å². The first-order valence-electron chi connectivity index (χ1n) is 0. The van der Waals surface area contributed by atoms with Crippen LogP contribution in [0.3, 0.4) is 0 Å². The molecule has 5 heteroatoms. The van der Waals surface area contributed by atoms with Crippen LogP contribution in [0.5, 0.6) is 0 Å². The molecular weight excluding hydrogens is 176 g/mol. The van der Waals surface area contributed by atoms with Gasteiger partial charge in [-0.1, -0.05) is 0 Å². The van der Waals surface area contributed by atoms with Crippen LogP contribution in [0.4, 0.5) is 0 Å². The van der Waals surface area contributed by atoms with Crippen LogP contribution in [0.15, 0.2) is 0 Å². The number of hydrogen-bond donors (Lipinski definition) is 0. The van der Waals surface area contributed by atoms with E-state index >= 15 is 0 Å². The van der Waals surface area contributed by atoms with Gasteiger partial charge in [0.15, 0.2) is 0 Å². The molecule has 0 aromatic carbocycles. The Morgan fingerprint density at radius 2 is 0.600 bits per heavy atom. The second kappa shape index (κ2) is 55.6. The Kier molecular flexibility index (Phi) is 1110. The zero-order chi connectivity index (χ0) is 0. The number of rotatable bonds is 0. The van der Waals surface area contributed by atoms with Crippen LogP contribution in [0, 0.1) is 0 Å². The SMILES string of the molecule is [Cl-].[Cl-].[Cl-].[Fe+3].[N]. The van der Waals surface area contributed by atoms with E-state index in [1.807, 2.05) is 0 Å². The van der Waals surface area contributed by atoms with Crippen LogP contribution in [0.2, 0.25) is 0 Å². The molecule has 0 fully saturated rings. The molecule has 0 N–H and O–H groups in total. The van der Waals surface area contributed by atoms with E-state index in [-0.39, 0.29) is 60.4 Å². The maximum absolute atomic E-state index is 0. The molecule has 0 bridgehead atoms. The molecule has 0 saturated carbocycles. The minimum Gasteiger partial charge on any atom is -1.00 e. The van der Waals surface area contributed by atoms with Crippen LogP contribution in [-0.4, -0.2) is 0 Å². The van der Waals surface area contributed by atoms with Crippen molar-refractivity contribution in [2.45, 2.75) is 0 Å². The molecule has 34 valence electrons. The summed E-state index contributed by atoms with van der Waals surface area (Å²) in [6.45, 7) is 0. The van der Waals surface area contributed by atoms with Gasteiger partial charge in [-0.2, -0.15) is 0 Å². The molecule has 0 rings (SSSR count). The fourth-order valence-electron chi connectivity index (χ4n) is 0. The molecule has 0 aliphatic rings. The molecule has 0 atom stereocenters. The van der Waals surface area contributed by atoms with Gasteiger partial charge in [-0.3, -0.25) is 0 Å². The van der Waals surface area contributed by atoms with Crippen molar-refractivity contribution in [3.8, 4) is 0 Å². The van der Waals surface area contributed by atoms with Gasteiger partial charge in [0.1, 0.15) is 0 Å². The maximum Gasteiger partial charge on any atom is 3.00 e. The summed E-state index contributed by atoms with van der Waals surface area (Å²) in [6, 6.07) is 0. The van der Waals surface area contributed by atoms with Crippen LogP contribution in [0.1, 0.15) is 0 Å². The molecule has 0 spiro atoms. The van der Waals surface area contributed by atoms with Crippen LogP contribution in [-0.2, 0) is 17.1 Å². The summed E-state index contributed by atoms with van der Waals surface area (Å²) in [5, 5.41) is 0. The number of hydrogen-bond acceptors (Lipinski definition) is 0. The maximum atomic E-state index is 0. The van der Waals surface area contributed by atoms with Crippen molar-refractivity contribution in [1.82, 2.24) is 6.15 Å². The van der Waals surface area contributed by atoms with Crippen molar-refractivity contribution in [2.24, 2.45) is 0 Å². The number of nitrogens with zero attached hydrogens (tertiary/aromatic N) is 1. The monoisotopic (exact) mass is 175 g/mol. The second-order valence-electron chi connectivity index (χ2n) is 0. The minimum atomic E-state index is 0. The zero-order valence-corrected chi connectivity index (χ0v) is 5.31. The molecule has 0 aromatic rings. The van der Waals surface area contributed by atoms with Crippen LogP contribution < -0.4 is 43.4 Å². The molecular formula is Cl3FeN. The molecule has 1 nitrogen and oxygen atoms in total. The normalized spacial score (nSPS) is 0. The minimum absolute atomic E-state index is 0. The molecule has 0 unspecified atom stereocenters. The van der Waals surface area contributed by atoms with Gasteiger partial charge < -0.3 is 37.2 Å². The van der Waals surface area contributed by atoms with E-state index in [4.69, 9.17) is 0 Å². The van der Waals surface area contributed by atoms with E-state index in [2.05, 4.69) is 0 Å². The summed E-state index contributed by atoms with van der Waals surface area (Å²) in [7, 11) is 0. The van der Waals surface area contributed by atoms with Crippen molar-refractivity contribution in [3.63, 3.8) is 0 Å². The third-order valence-electron chi connectivity index (χ3n) is 0. The Hall–Kier alpha value is 1.35. The molecule has 0 aliphatic carbocycles. The molecule has 4 radical (unpaired) electrons. The first kappa shape index (κ1) is 99.8. The molecule has 0 saturated heterocycles. The molecule has 0 heterocycles. The molecule has 0 amide bonds. The average molecular weight is 176 g/mol. The summed E-state index contributed by atoms with van der Waals surface area (Å²) in [5.74, 6) is 0. The molecule has 5 heavy (non-hydrogen) atoms. The topological polar surface area (TPSA) is 30.5 Å². The first-order chi connectivity index (χ1) is 0. The Bertz CT molecular complexity index is 6.85. The standard InChI is InChI=1S/3ClH.Fe.N/h3*1H;;/q;;;+3;/p-3. The predicted octanol–water partition coefficient (Wildman–Crippen LogP) is -9.47. The fourth-order valence-corrected chi connectivity index (χ4v) is 0. The Labute approximate surface area is 60.6 Å².